The first-order valence-corrected chi connectivity index (χ1v) is 8.48. The van der Waals surface area contributed by atoms with Crippen molar-refractivity contribution in [2.75, 3.05) is 31.6 Å². The van der Waals surface area contributed by atoms with Gasteiger partial charge in [-0.05, 0) is 37.0 Å². The highest BCUT2D eigenvalue weighted by Gasteiger charge is 2.13. The van der Waals surface area contributed by atoms with Crippen molar-refractivity contribution in [1.82, 2.24) is 15.6 Å². The van der Waals surface area contributed by atoms with Gasteiger partial charge in [-0.3, -0.25) is 4.99 Å². The third-order valence-corrected chi connectivity index (χ3v) is 4.00. The Labute approximate surface area is 134 Å². The molecule has 2 N–H and O–H groups in total. The molecule has 1 aliphatic rings. The number of rotatable bonds is 7. The zero-order chi connectivity index (χ0) is 15.6. The normalized spacial score (nSPS) is 15.2. The fourth-order valence-electron chi connectivity index (χ4n) is 2.68. The van der Waals surface area contributed by atoms with Crippen molar-refractivity contribution < 1.29 is 0 Å². The molecule has 5 heteroatoms. The number of hydrogen-bond donors (Lipinski definition) is 2. The number of aliphatic imine (C=N–C) groups is 1. The van der Waals surface area contributed by atoms with Gasteiger partial charge in [0.25, 0.3) is 0 Å². The Hall–Kier alpha value is -1.78. The molecule has 0 bridgehead atoms. The van der Waals surface area contributed by atoms with Gasteiger partial charge in [0.15, 0.2) is 5.96 Å². The standard InChI is InChI=1S/C17H29N5/c1-3-4-5-9-20-17(18-2)21-14-15-8-10-19-16(13-15)22-11-6-7-12-22/h8,10,13H,3-7,9,11-12,14H2,1-2H3,(H2,18,20,21). The van der Waals surface area contributed by atoms with Gasteiger partial charge >= 0.3 is 0 Å². The van der Waals surface area contributed by atoms with Crippen LogP contribution in [0.5, 0.6) is 0 Å². The van der Waals surface area contributed by atoms with Crippen molar-refractivity contribution in [1.29, 1.82) is 0 Å². The summed E-state index contributed by atoms with van der Waals surface area (Å²) in [6.07, 6.45) is 8.14. The van der Waals surface area contributed by atoms with E-state index < -0.39 is 0 Å². The summed E-state index contributed by atoms with van der Waals surface area (Å²) in [6, 6.07) is 4.25. The molecule has 5 nitrogen and oxygen atoms in total. The van der Waals surface area contributed by atoms with Gasteiger partial charge in [-0.15, -0.1) is 0 Å². The molecule has 122 valence electrons. The predicted molar refractivity (Wildman–Crippen MR) is 93.4 cm³/mol. The maximum absolute atomic E-state index is 4.49. The smallest absolute Gasteiger partial charge is 0.191 e. The molecule has 0 amide bonds. The van der Waals surface area contributed by atoms with Crippen LogP contribution in [0.25, 0.3) is 0 Å². The van der Waals surface area contributed by atoms with E-state index in [9.17, 15) is 0 Å². The van der Waals surface area contributed by atoms with E-state index in [4.69, 9.17) is 0 Å². The lowest BCUT2D eigenvalue weighted by molar-refractivity contribution is 0.682. The molecule has 0 aliphatic carbocycles. The van der Waals surface area contributed by atoms with Crippen LogP contribution in [-0.4, -0.2) is 37.6 Å². The minimum atomic E-state index is 0.775. The Morgan fingerprint density at radius 1 is 1.27 bits per heavy atom. The second kappa shape index (κ2) is 9.28. The zero-order valence-corrected chi connectivity index (χ0v) is 13.9. The maximum atomic E-state index is 4.49. The number of pyridine rings is 1. The van der Waals surface area contributed by atoms with E-state index in [0.29, 0.717) is 0 Å². The Kier molecular flexibility index (Phi) is 7.00. The van der Waals surface area contributed by atoms with Crippen molar-refractivity contribution in [3.63, 3.8) is 0 Å². The molecular weight excluding hydrogens is 274 g/mol. The van der Waals surface area contributed by atoms with E-state index in [1.54, 1.807) is 0 Å². The summed E-state index contributed by atoms with van der Waals surface area (Å²) in [5, 5.41) is 6.73. The highest BCUT2D eigenvalue weighted by Crippen LogP contribution is 2.18. The maximum Gasteiger partial charge on any atom is 0.191 e. The molecule has 0 aromatic carbocycles. The van der Waals surface area contributed by atoms with Crippen LogP contribution < -0.4 is 15.5 Å². The lowest BCUT2D eigenvalue weighted by atomic mass is 10.2. The number of nitrogens with zero attached hydrogens (tertiary/aromatic N) is 3. The fraction of sp³-hybridized carbons (Fsp3) is 0.647. The molecule has 1 aromatic rings. The van der Waals surface area contributed by atoms with Gasteiger partial charge in [0.05, 0.1) is 0 Å². The average Bonchev–Trinajstić information content (AvgIpc) is 3.09. The summed E-state index contributed by atoms with van der Waals surface area (Å²) in [7, 11) is 1.82. The molecule has 0 spiro atoms. The Bertz CT molecular complexity index is 466. The molecule has 1 aliphatic heterocycles. The zero-order valence-electron chi connectivity index (χ0n) is 13.9. The molecule has 2 heterocycles. The molecule has 2 rings (SSSR count). The van der Waals surface area contributed by atoms with Gasteiger partial charge < -0.3 is 15.5 Å². The molecule has 1 fully saturated rings. The topological polar surface area (TPSA) is 52.6 Å². The van der Waals surface area contributed by atoms with Crippen molar-refractivity contribution >= 4 is 11.8 Å². The summed E-state index contributed by atoms with van der Waals surface area (Å²) < 4.78 is 0. The molecule has 22 heavy (non-hydrogen) atoms. The van der Waals surface area contributed by atoms with E-state index >= 15 is 0 Å². The summed E-state index contributed by atoms with van der Waals surface area (Å²) in [5.41, 5.74) is 1.24. The van der Waals surface area contributed by atoms with Crippen LogP contribution in [0.15, 0.2) is 23.3 Å². The van der Waals surface area contributed by atoms with Gasteiger partial charge in [0.1, 0.15) is 5.82 Å². The van der Waals surface area contributed by atoms with Crippen LogP contribution in [-0.2, 0) is 6.54 Å². The second-order valence-corrected chi connectivity index (χ2v) is 5.78. The largest absolute Gasteiger partial charge is 0.357 e. The van der Waals surface area contributed by atoms with Crippen molar-refractivity contribution in [3.8, 4) is 0 Å². The number of guanidine groups is 1. The van der Waals surface area contributed by atoms with Crippen LogP contribution in [0, 0.1) is 0 Å². The van der Waals surface area contributed by atoms with Crippen molar-refractivity contribution in [2.24, 2.45) is 4.99 Å². The van der Waals surface area contributed by atoms with Crippen molar-refractivity contribution in [2.45, 2.75) is 45.6 Å². The third-order valence-electron chi connectivity index (χ3n) is 4.00. The number of nitrogens with one attached hydrogen (secondary N) is 2. The fourth-order valence-corrected chi connectivity index (χ4v) is 2.68. The first-order chi connectivity index (χ1) is 10.8. The molecular formula is C17H29N5. The van der Waals surface area contributed by atoms with E-state index in [0.717, 1.165) is 38.0 Å². The molecule has 1 aromatic heterocycles. The molecule has 0 saturated carbocycles. The lowest BCUT2D eigenvalue weighted by Gasteiger charge is -2.17. The third kappa shape index (κ3) is 5.20. The SMILES string of the molecule is CCCCCNC(=NC)NCc1ccnc(N2CCCC2)c1. The first kappa shape index (κ1) is 16.6. The monoisotopic (exact) mass is 303 g/mol. The molecule has 0 radical (unpaired) electrons. The van der Waals surface area contributed by atoms with E-state index in [1.165, 1.54) is 37.7 Å². The Balaban J connectivity index is 1.81. The quantitative estimate of drug-likeness (QED) is 0.462. The molecule has 1 saturated heterocycles. The highest BCUT2D eigenvalue weighted by molar-refractivity contribution is 5.79. The Morgan fingerprint density at radius 3 is 2.82 bits per heavy atom. The van der Waals surface area contributed by atoms with Crippen LogP contribution in [0.2, 0.25) is 0 Å². The average molecular weight is 303 g/mol. The summed E-state index contributed by atoms with van der Waals surface area (Å²) in [6.45, 7) is 6.23. The molecule has 0 unspecified atom stereocenters. The minimum Gasteiger partial charge on any atom is -0.357 e. The van der Waals surface area contributed by atoms with E-state index in [1.807, 2.05) is 13.2 Å². The number of anilines is 1. The summed E-state index contributed by atoms with van der Waals surface area (Å²) in [4.78, 5) is 11.1. The second-order valence-electron chi connectivity index (χ2n) is 5.78. The summed E-state index contributed by atoms with van der Waals surface area (Å²) in [5.74, 6) is 1.97. The lowest BCUT2D eigenvalue weighted by Crippen LogP contribution is -2.37. The van der Waals surface area contributed by atoms with Crippen molar-refractivity contribution in [3.05, 3.63) is 23.9 Å². The van der Waals surface area contributed by atoms with Gasteiger partial charge in [0.2, 0.25) is 0 Å². The van der Waals surface area contributed by atoms with Gasteiger partial charge in [-0.1, -0.05) is 19.8 Å². The van der Waals surface area contributed by atoms with Gasteiger partial charge in [-0.25, -0.2) is 4.98 Å². The summed E-state index contributed by atoms with van der Waals surface area (Å²) >= 11 is 0. The predicted octanol–water partition coefficient (Wildman–Crippen LogP) is 2.54. The van der Waals surface area contributed by atoms with Gasteiger partial charge in [-0.2, -0.15) is 0 Å². The highest BCUT2D eigenvalue weighted by atomic mass is 15.2. The minimum absolute atomic E-state index is 0.775. The first-order valence-electron chi connectivity index (χ1n) is 8.48. The van der Waals surface area contributed by atoms with Crippen LogP contribution in [0.1, 0.15) is 44.6 Å². The van der Waals surface area contributed by atoms with Crippen LogP contribution in [0.3, 0.4) is 0 Å². The Morgan fingerprint density at radius 2 is 2.09 bits per heavy atom. The number of unbranched alkanes of at least 4 members (excludes halogenated alkanes) is 2. The molecule has 0 atom stereocenters. The van der Waals surface area contributed by atoms with E-state index in [-0.39, 0.29) is 0 Å². The van der Waals surface area contributed by atoms with Crippen LogP contribution in [0.4, 0.5) is 5.82 Å². The number of hydrogen-bond acceptors (Lipinski definition) is 3. The number of aromatic nitrogens is 1. The van der Waals surface area contributed by atoms with Gasteiger partial charge in [0, 0.05) is 39.4 Å². The van der Waals surface area contributed by atoms with Crippen LogP contribution >= 0.6 is 0 Å². The van der Waals surface area contributed by atoms with E-state index in [2.05, 4.69) is 44.6 Å².